The first-order valence-electron chi connectivity index (χ1n) is 5.13. The highest BCUT2D eigenvalue weighted by molar-refractivity contribution is 4.56. The topological polar surface area (TPSA) is 24.5 Å². The zero-order valence-electron chi connectivity index (χ0n) is 9.47. The normalized spacial score (nSPS) is 13.6. The van der Waals surface area contributed by atoms with Gasteiger partial charge in [-0.25, -0.2) is 0 Å². The fourth-order valence-electron chi connectivity index (χ4n) is 1.17. The third-order valence-corrected chi connectivity index (χ3v) is 1.84. The summed E-state index contributed by atoms with van der Waals surface area (Å²) in [4.78, 5) is 2.20. The average Bonchev–Trinajstić information content (AvgIpc) is 2.03. The van der Waals surface area contributed by atoms with Gasteiger partial charge in [0.1, 0.15) is 0 Å². The fourth-order valence-corrected chi connectivity index (χ4v) is 1.17. The number of hydrogen-bond acceptors (Lipinski definition) is 3. The van der Waals surface area contributed by atoms with E-state index in [2.05, 4.69) is 31.2 Å². The molecular weight excluding hydrogens is 164 g/mol. The van der Waals surface area contributed by atoms with Crippen LogP contribution in [0.1, 0.15) is 20.3 Å². The van der Waals surface area contributed by atoms with Crippen molar-refractivity contribution in [2.45, 2.75) is 26.4 Å². The van der Waals surface area contributed by atoms with Gasteiger partial charge in [0.2, 0.25) is 0 Å². The second-order valence-corrected chi connectivity index (χ2v) is 3.63. The number of nitrogens with zero attached hydrogens (tertiary/aromatic N) is 1. The van der Waals surface area contributed by atoms with E-state index < -0.39 is 0 Å². The molecule has 0 radical (unpaired) electrons. The Labute approximate surface area is 82.4 Å². The molecule has 0 saturated heterocycles. The Kier molecular flexibility index (Phi) is 8.40. The number of nitrogens with one attached hydrogen (secondary N) is 1. The standard InChI is InChI=1S/C10H24N2O/c1-5-13-10(2)9-11-7-6-8-12(3)4/h10-11H,5-9H2,1-4H3. The molecule has 0 aromatic carbocycles. The quantitative estimate of drug-likeness (QED) is 0.574. The number of hydrogen-bond donors (Lipinski definition) is 1. The van der Waals surface area contributed by atoms with Gasteiger partial charge in [0, 0.05) is 13.2 Å². The molecular formula is C10H24N2O. The van der Waals surface area contributed by atoms with E-state index in [1.165, 1.54) is 6.42 Å². The molecule has 3 nitrogen and oxygen atoms in total. The van der Waals surface area contributed by atoms with E-state index in [0.29, 0.717) is 6.10 Å². The van der Waals surface area contributed by atoms with Crippen LogP contribution in [0.3, 0.4) is 0 Å². The SMILES string of the molecule is CCOC(C)CNCCCN(C)C. The summed E-state index contributed by atoms with van der Waals surface area (Å²) in [5.74, 6) is 0. The molecule has 0 heterocycles. The van der Waals surface area contributed by atoms with Gasteiger partial charge in [-0.2, -0.15) is 0 Å². The summed E-state index contributed by atoms with van der Waals surface area (Å²) in [5.41, 5.74) is 0. The van der Waals surface area contributed by atoms with Crippen molar-refractivity contribution in [2.75, 3.05) is 40.3 Å². The van der Waals surface area contributed by atoms with Crippen LogP contribution < -0.4 is 5.32 Å². The first-order valence-corrected chi connectivity index (χ1v) is 5.13. The van der Waals surface area contributed by atoms with Gasteiger partial charge in [-0.15, -0.1) is 0 Å². The molecule has 0 aliphatic heterocycles. The minimum absolute atomic E-state index is 0.337. The van der Waals surface area contributed by atoms with Gasteiger partial charge in [0.05, 0.1) is 6.10 Å². The highest BCUT2D eigenvalue weighted by Gasteiger charge is 1.98. The van der Waals surface area contributed by atoms with Gasteiger partial charge in [0.25, 0.3) is 0 Å². The van der Waals surface area contributed by atoms with Crippen molar-refractivity contribution in [1.82, 2.24) is 10.2 Å². The second kappa shape index (κ2) is 8.48. The van der Waals surface area contributed by atoms with Gasteiger partial charge >= 0.3 is 0 Å². The van der Waals surface area contributed by atoms with E-state index in [0.717, 1.165) is 26.2 Å². The molecule has 1 unspecified atom stereocenters. The Balaban J connectivity index is 3.06. The molecule has 13 heavy (non-hydrogen) atoms. The predicted molar refractivity (Wildman–Crippen MR) is 57.1 cm³/mol. The van der Waals surface area contributed by atoms with Crippen LogP contribution in [0.25, 0.3) is 0 Å². The Morgan fingerprint density at radius 1 is 1.38 bits per heavy atom. The van der Waals surface area contributed by atoms with Crippen LogP contribution in [0, 0.1) is 0 Å². The summed E-state index contributed by atoms with van der Waals surface area (Å²) in [5, 5.41) is 3.37. The lowest BCUT2D eigenvalue weighted by molar-refractivity contribution is 0.0761. The maximum absolute atomic E-state index is 5.40. The summed E-state index contributed by atoms with van der Waals surface area (Å²) in [7, 11) is 4.20. The molecule has 0 aromatic rings. The van der Waals surface area contributed by atoms with E-state index in [-0.39, 0.29) is 0 Å². The zero-order valence-corrected chi connectivity index (χ0v) is 9.47. The smallest absolute Gasteiger partial charge is 0.0671 e. The monoisotopic (exact) mass is 188 g/mol. The van der Waals surface area contributed by atoms with Crippen molar-refractivity contribution in [2.24, 2.45) is 0 Å². The molecule has 0 bridgehead atoms. The fraction of sp³-hybridized carbons (Fsp3) is 1.00. The summed E-state index contributed by atoms with van der Waals surface area (Å²) in [6, 6.07) is 0. The van der Waals surface area contributed by atoms with Gasteiger partial charge < -0.3 is 15.0 Å². The third kappa shape index (κ3) is 9.80. The molecule has 0 aliphatic carbocycles. The first kappa shape index (κ1) is 12.9. The summed E-state index contributed by atoms with van der Waals surface area (Å²) in [6.45, 7) is 8.12. The van der Waals surface area contributed by atoms with Crippen molar-refractivity contribution in [3.05, 3.63) is 0 Å². The van der Waals surface area contributed by atoms with Crippen LogP contribution in [0.4, 0.5) is 0 Å². The largest absolute Gasteiger partial charge is 0.377 e. The lowest BCUT2D eigenvalue weighted by Crippen LogP contribution is -2.29. The highest BCUT2D eigenvalue weighted by Crippen LogP contribution is 1.87. The maximum Gasteiger partial charge on any atom is 0.0671 e. The summed E-state index contributed by atoms with van der Waals surface area (Å²) in [6.07, 6.45) is 1.54. The molecule has 0 aromatic heterocycles. The Morgan fingerprint density at radius 3 is 2.62 bits per heavy atom. The summed E-state index contributed by atoms with van der Waals surface area (Å²) >= 11 is 0. The van der Waals surface area contributed by atoms with E-state index in [1.54, 1.807) is 0 Å². The number of rotatable bonds is 8. The molecule has 0 fully saturated rings. The summed E-state index contributed by atoms with van der Waals surface area (Å²) < 4.78 is 5.40. The average molecular weight is 188 g/mol. The molecule has 0 amide bonds. The minimum atomic E-state index is 0.337. The molecule has 80 valence electrons. The van der Waals surface area contributed by atoms with Crippen LogP contribution in [0.2, 0.25) is 0 Å². The molecule has 3 heteroatoms. The Hall–Kier alpha value is -0.120. The van der Waals surface area contributed by atoms with Gasteiger partial charge in [0.15, 0.2) is 0 Å². The lowest BCUT2D eigenvalue weighted by atomic mass is 10.3. The molecule has 1 N–H and O–H groups in total. The van der Waals surface area contributed by atoms with Crippen LogP contribution in [-0.2, 0) is 4.74 Å². The van der Waals surface area contributed by atoms with Gasteiger partial charge in [-0.05, 0) is 47.5 Å². The van der Waals surface area contributed by atoms with Crippen molar-refractivity contribution < 1.29 is 4.74 Å². The molecule has 0 rings (SSSR count). The van der Waals surface area contributed by atoms with E-state index >= 15 is 0 Å². The number of ether oxygens (including phenoxy) is 1. The molecule has 1 atom stereocenters. The van der Waals surface area contributed by atoms with Crippen LogP contribution >= 0.6 is 0 Å². The van der Waals surface area contributed by atoms with E-state index in [1.807, 2.05) is 6.92 Å². The van der Waals surface area contributed by atoms with Crippen molar-refractivity contribution in [3.63, 3.8) is 0 Å². The van der Waals surface area contributed by atoms with Gasteiger partial charge in [-0.3, -0.25) is 0 Å². The Morgan fingerprint density at radius 2 is 2.08 bits per heavy atom. The van der Waals surface area contributed by atoms with Gasteiger partial charge in [-0.1, -0.05) is 0 Å². The van der Waals surface area contributed by atoms with Crippen LogP contribution in [-0.4, -0.2) is 51.3 Å². The van der Waals surface area contributed by atoms with Crippen LogP contribution in [0.5, 0.6) is 0 Å². The first-order chi connectivity index (χ1) is 6.16. The minimum Gasteiger partial charge on any atom is -0.377 e. The zero-order chi connectivity index (χ0) is 10.1. The third-order valence-electron chi connectivity index (χ3n) is 1.84. The predicted octanol–water partition coefficient (Wildman–Crippen LogP) is 0.953. The lowest BCUT2D eigenvalue weighted by Gasteiger charge is -2.13. The second-order valence-electron chi connectivity index (χ2n) is 3.63. The molecule has 0 spiro atoms. The molecule has 0 aliphatic rings. The highest BCUT2D eigenvalue weighted by atomic mass is 16.5. The van der Waals surface area contributed by atoms with E-state index in [9.17, 15) is 0 Å². The van der Waals surface area contributed by atoms with Crippen molar-refractivity contribution in [1.29, 1.82) is 0 Å². The van der Waals surface area contributed by atoms with Crippen molar-refractivity contribution >= 4 is 0 Å². The Bertz CT molecular complexity index is 107. The van der Waals surface area contributed by atoms with E-state index in [4.69, 9.17) is 4.74 Å². The molecule has 0 saturated carbocycles. The van der Waals surface area contributed by atoms with Crippen LogP contribution in [0.15, 0.2) is 0 Å². The van der Waals surface area contributed by atoms with Crippen molar-refractivity contribution in [3.8, 4) is 0 Å². The maximum atomic E-state index is 5.40.